The van der Waals surface area contributed by atoms with Crippen LogP contribution in [0.3, 0.4) is 0 Å². The Bertz CT molecular complexity index is 587. The maximum absolute atomic E-state index is 5.94. The summed E-state index contributed by atoms with van der Waals surface area (Å²) in [5.41, 5.74) is 13.0. The van der Waals surface area contributed by atoms with Gasteiger partial charge in [-0.25, -0.2) is 9.50 Å². The third-order valence-electron chi connectivity index (χ3n) is 3.65. The fourth-order valence-corrected chi connectivity index (χ4v) is 2.55. The molecule has 2 aromatic heterocycles. The van der Waals surface area contributed by atoms with Crippen LogP contribution in [-0.2, 0) is 0 Å². The molecule has 1 aliphatic rings. The van der Waals surface area contributed by atoms with E-state index in [9.17, 15) is 0 Å². The highest BCUT2D eigenvalue weighted by atomic mass is 15.3. The zero-order valence-corrected chi connectivity index (χ0v) is 10.7. The second-order valence-electron chi connectivity index (χ2n) is 5.16. The largest absolute Gasteiger partial charge is 0.383 e. The van der Waals surface area contributed by atoms with E-state index in [0.29, 0.717) is 29.0 Å². The van der Waals surface area contributed by atoms with Crippen molar-refractivity contribution < 1.29 is 0 Å². The number of hydrogen-bond acceptors (Lipinski definition) is 5. The average Bonchev–Trinajstić information content (AvgIpc) is 2.75. The average molecular weight is 256 g/mol. The molecule has 0 bridgehead atoms. The van der Waals surface area contributed by atoms with Gasteiger partial charge >= 0.3 is 0 Å². The zero-order valence-electron chi connectivity index (χ0n) is 10.7. The lowest BCUT2D eigenvalue weighted by atomic mass is 9.92. The van der Waals surface area contributed by atoms with Gasteiger partial charge in [0, 0.05) is 24.3 Å². The van der Waals surface area contributed by atoms with Crippen LogP contribution in [0, 0.1) is 0 Å². The molecule has 0 spiro atoms. The summed E-state index contributed by atoms with van der Waals surface area (Å²) in [6, 6.07) is 2.52. The number of rotatable bonds is 2. The van der Waals surface area contributed by atoms with E-state index in [1.807, 2.05) is 0 Å². The Kier molecular flexibility index (Phi) is 3.06. The molecule has 5 N–H and O–H groups in total. The first-order valence-electron chi connectivity index (χ1n) is 6.55. The van der Waals surface area contributed by atoms with Crippen molar-refractivity contribution in [2.75, 3.05) is 11.1 Å². The first kappa shape index (κ1) is 12.3. The van der Waals surface area contributed by atoms with Gasteiger partial charge in [-0.05, 0) is 31.1 Å². The van der Waals surface area contributed by atoms with E-state index in [4.69, 9.17) is 19.3 Å². The monoisotopic (exact) mass is 256 g/mol. The lowest BCUT2D eigenvalue weighted by Gasteiger charge is -2.27. The van der Waals surface area contributed by atoms with Crippen molar-refractivity contribution in [2.45, 2.75) is 37.8 Å². The fourth-order valence-electron chi connectivity index (χ4n) is 2.55. The van der Waals surface area contributed by atoms with Gasteiger partial charge in [0.2, 0.25) is 0 Å². The van der Waals surface area contributed by atoms with E-state index in [2.05, 4.69) is 15.4 Å². The van der Waals surface area contributed by atoms with Crippen LogP contribution in [0.15, 0.2) is 12.3 Å². The molecule has 0 amide bonds. The van der Waals surface area contributed by atoms with Crippen LogP contribution in [-0.4, -0.2) is 34.5 Å². The van der Waals surface area contributed by atoms with Gasteiger partial charge in [-0.15, -0.1) is 0 Å². The van der Waals surface area contributed by atoms with Crippen LogP contribution >= 0.6 is 0 Å². The van der Waals surface area contributed by atoms with Gasteiger partial charge in [0.05, 0.1) is 0 Å². The van der Waals surface area contributed by atoms with Crippen LogP contribution in [0.5, 0.6) is 0 Å². The number of fused-ring (bicyclic) bond motifs is 1. The zero-order chi connectivity index (χ0) is 13.4. The molecule has 0 atom stereocenters. The topological polar surface area (TPSA) is 94.3 Å². The van der Waals surface area contributed by atoms with Crippen molar-refractivity contribution in [3.63, 3.8) is 0 Å². The first-order valence-corrected chi connectivity index (χ1v) is 6.55. The molecule has 6 nitrogen and oxygen atoms in total. The SMILES string of the molecule is [B]c1cnn2c(N)cc(NC3CCC(N)CC3)nc12. The number of nitrogens with zero attached hydrogens (tertiary/aromatic N) is 3. The number of nitrogen functional groups attached to an aromatic ring is 1. The third-order valence-corrected chi connectivity index (χ3v) is 3.65. The molecule has 2 aromatic rings. The molecule has 2 heterocycles. The fraction of sp³-hybridized carbons (Fsp3) is 0.500. The van der Waals surface area contributed by atoms with Crippen LogP contribution in [0.1, 0.15) is 25.7 Å². The van der Waals surface area contributed by atoms with Crippen molar-refractivity contribution in [1.82, 2.24) is 14.6 Å². The van der Waals surface area contributed by atoms with Gasteiger partial charge in [-0.3, -0.25) is 0 Å². The standard InChI is InChI=1S/C12H17BN6/c13-9-6-16-19-10(15)5-11(18-12(9)19)17-8-3-1-7(14)2-4-8/h5-8H,1-4,14-15H2,(H,17,18). The summed E-state index contributed by atoms with van der Waals surface area (Å²) in [4.78, 5) is 4.46. The maximum Gasteiger partial charge on any atom is 0.152 e. The molecule has 0 aromatic carbocycles. The minimum atomic E-state index is 0.337. The number of anilines is 2. The molecule has 98 valence electrons. The van der Waals surface area contributed by atoms with E-state index in [1.165, 1.54) is 4.52 Å². The van der Waals surface area contributed by atoms with Crippen molar-refractivity contribution in [2.24, 2.45) is 5.73 Å². The quantitative estimate of drug-likeness (QED) is 0.646. The van der Waals surface area contributed by atoms with Crippen molar-refractivity contribution >= 4 is 30.6 Å². The van der Waals surface area contributed by atoms with E-state index in [-0.39, 0.29) is 0 Å². The summed E-state index contributed by atoms with van der Waals surface area (Å²) < 4.78 is 1.54. The van der Waals surface area contributed by atoms with Crippen LogP contribution in [0.4, 0.5) is 11.6 Å². The second kappa shape index (κ2) is 4.73. The molecule has 0 aliphatic heterocycles. The van der Waals surface area contributed by atoms with E-state index >= 15 is 0 Å². The maximum atomic E-state index is 5.94. The van der Waals surface area contributed by atoms with Gasteiger partial charge < -0.3 is 16.8 Å². The van der Waals surface area contributed by atoms with Crippen LogP contribution in [0.25, 0.3) is 5.65 Å². The van der Waals surface area contributed by atoms with Crippen LogP contribution in [0.2, 0.25) is 0 Å². The summed E-state index contributed by atoms with van der Waals surface area (Å²) in [5, 5.41) is 7.48. The van der Waals surface area contributed by atoms with Gasteiger partial charge in [0.15, 0.2) is 5.65 Å². The molecule has 19 heavy (non-hydrogen) atoms. The highest BCUT2D eigenvalue weighted by Crippen LogP contribution is 2.21. The molecule has 3 rings (SSSR count). The number of nitrogens with two attached hydrogens (primary N) is 2. The highest BCUT2D eigenvalue weighted by molar-refractivity contribution is 6.36. The normalized spacial score (nSPS) is 23.6. The number of hydrogen-bond donors (Lipinski definition) is 3. The minimum absolute atomic E-state index is 0.337. The van der Waals surface area contributed by atoms with Gasteiger partial charge in [0.25, 0.3) is 0 Å². The number of nitrogens with one attached hydrogen (secondary N) is 1. The molecule has 0 saturated heterocycles. The Morgan fingerprint density at radius 2 is 2.05 bits per heavy atom. The van der Waals surface area contributed by atoms with Gasteiger partial charge in [-0.2, -0.15) is 5.10 Å². The predicted molar refractivity (Wildman–Crippen MR) is 76.6 cm³/mol. The van der Waals surface area contributed by atoms with Gasteiger partial charge in [0.1, 0.15) is 19.5 Å². The molecule has 7 heteroatoms. The minimum Gasteiger partial charge on any atom is -0.383 e. The van der Waals surface area contributed by atoms with E-state index in [1.54, 1.807) is 12.3 Å². The Morgan fingerprint density at radius 3 is 2.79 bits per heavy atom. The summed E-state index contributed by atoms with van der Waals surface area (Å²) >= 11 is 0. The summed E-state index contributed by atoms with van der Waals surface area (Å²) in [6.07, 6.45) is 5.77. The molecule has 1 fully saturated rings. The smallest absolute Gasteiger partial charge is 0.152 e. The lowest BCUT2D eigenvalue weighted by Crippen LogP contribution is -2.33. The Labute approximate surface area is 113 Å². The lowest BCUT2D eigenvalue weighted by molar-refractivity contribution is 0.410. The van der Waals surface area contributed by atoms with Gasteiger partial charge in [-0.1, -0.05) is 0 Å². The summed E-state index contributed by atoms with van der Waals surface area (Å²) in [7, 11) is 5.82. The molecular weight excluding hydrogens is 239 g/mol. The predicted octanol–water partition coefficient (Wildman–Crippen LogP) is -0.213. The summed E-state index contributed by atoms with van der Waals surface area (Å²) in [6.45, 7) is 0. The second-order valence-corrected chi connectivity index (χ2v) is 5.16. The Balaban J connectivity index is 1.83. The molecule has 2 radical (unpaired) electrons. The molecule has 1 saturated carbocycles. The first-order chi connectivity index (χ1) is 9.13. The summed E-state index contributed by atoms with van der Waals surface area (Å²) in [5.74, 6) is 1.27. The molecule has 1 aliphatic carbocycles. The molecule has 0 unspecified atom stereocenters. The van der Waals surface area contributed by atoms with Crippen molar-refractivity contribution in [3.8, 4) is 0 Å². The number of aromatic nitrogens is 3. The van der Waals surface area contributed by atoms with Crippen molar-refractivity contribution in [1.29, 1.82) is 0 Å². The van der Waals surface area contributed by atoms with E-state index < -0.39 is 0 Å². The van der Waals surface area contributed by atoms with Crippen molar-refractivity contribution in [3.05, 3.63) is 12.3 Å². The van der Waals surface area contributed by atoms with Crippen LogP contribution < -0.4 is 22.2 Å². The Hall–Kier alpha value is -1.76. The Morgan fingerprint density at radius 1 is 1.32 bits per heavy atom. The third kappa shape index (κ3) is 2.38. The highest BCUT2D eigenvalue weighted by Gasteiger charge is 2.19. The molecular formula is C12H17BN6. The van der Waals surface area contributed by atoms with E-state index in [0.717, 1.165) is 31.5 Å².